The lowest BCUT2D eigenvalue weighted by atomic mass is 10.1. The highest BCUT2D eigenvalue weighted by atomic mass is 16.3. The van der Waals surface area contributed by atoms with E-state index in [1.807, 2.05) is 18.2 Å². The van der Waals surface area contributed by atoms with E-state index in [9.17, 15) is 5.11 Å². The Morgan fingerprint density at radius 1 is 1.50 bits per heavy atom. The smallest absolute Gasteiger partial charge is 0.160 e. The second-order valence-corrected chi connectivity index (χ2v) is 4.93. The maximum atomic E-state index is 9.77. The number of aliphatic hydroxyl groups excluding tert-OH is 1. The van der Waals surface area contributed by atoms with Crippen LogP contribution in [0.5, 0.6) is 0 Å². The van der Waals surface area contributed by atoms with E-state index < -0.39 is 6.35 Å². The Morgan fingerprint density at radius 3 is 3.06 bits per heavy atom. The number of aromatic nitrogens is 1. The summed E-state index contributed by atoms with van der Waals surface area (Å²) in [5.41, 5.74) is 0.930. The van der Waals surface area contributed by atoms with Gasteiger partial charge in [-0.25, -0.2) is 0 Å². The van der Waals surface area contributed by atoms with Crippen LogP contribution in [0.4, 0.5) is 0 Å². The summed E-state index contributed by atoms with van der Waals surface area (Å²) < 4.78 is 0. The van der Waals surface area contributed by atoms with Crippen molar-refractivity contribution in [3.63, 3.8) is 0 Å². The van der Waals surface area contributed by atoms with Crippen molar-refractivity contribution in [2.75, 3.05) is 26.7 Å². The van der Waals surface area contributed by atoms with Crippen LogP contribution >= 0.6 is 0 Å². The lowest BCUT2D eigenvalue weighted by Crippen LogP contribution is -2.44. The normalized spacial score (nSPS) is 22.2. The minimum Gasteiger partial charge on any atom is -0.365 e. The van der Waals surface area contributed by atoms with E-state index in [4.69, 9.17) is 0 Å². The van der Waals surface area contributed by atoms with Crippen molar-refractivity contribution >= 4 is 0 Å². The summed E-state index contributed by atoms with van der Waals surface area (Å²) in [6.45, 7) is 3.68. The molecule has 1 aromatic heterocycles. The van der Waals surface area contributed by atoms with Crippen LogP contribution in [0.3, 0.4) is 0 Å². The molecule has 0 saturated carbocycles. The standard InChI is InChI=1S/C13H22N4O/c1-17-7-5-11(10-17)8-15-13(18)16-9-12-4-2-3-6-14-12/h2-4,6,11,13,15-16,18H,5,7-10H2,1H3/t11-,13?/m0/s1. The van der Waals surface area contributed by atoms with Crippen molar-refractivity contribution in [3.8, 4) is 0 Å². The monoisotopic (exact) mass is 250 g/mol. The molecule has 0 amide bonds. The minimum atomic E-state index is -0.669. The largest absolute Gasteiger partial charge is 0.365 e. The predicted octanol–water partition coefficient (Wildman–Crippen LogP) is -0.0116. The third kappa shape index (κ3) is 4.34. The number of hydrogen-bond donors (Lipinski definition) is 3. The van der Waals surface area contributed by atoms with Gasteiger partial charge >= 0.3 is 0 Å². The Bertz CT molecular complexity index is 346. The highest BCUT2D eigenvalue weighted by Gasteiger charge is 2.19. The van der Waals surface area contributed by atoms with Crippen LogP contribution in [0.25, 0.3) is 0 Å². The first kappa shape index (κ1) is 13.4. The summed E-state index contributed by atoms with van der Waals surface area (Å²) in [5.74, 6) is 0.640. The number of pyridine rings is 1. The van der Waals surface area contributed by atoms with Gasteiger partial charge in [-0.2, -0.15) is 0 Å². The number of likely N-dealkylation sites (tertiary alicyclic amines) is 1. The van der Waals surface area contributed by atoms with E-state index in [0.29, 0.717) is 12.5 Å². The van der Waals surface area contributed by atoms with E-state index in [0.717, 1.165) is 25.3 Å². The second-order valence-electron chi connectivity index (χ2n) is 4.93. The van der Waals surface area contributed by atoms with Crippen LogP contribution in [-0.2, 0) is 6.54 Å². The first-order chi connectivity index (χ1) is 8.74. The average Bonchev–Trinajstić information content (AvgIpc) is 2.81. The maximum absolute atomic E-state index is 9.77. The van der Waals surface area contributed by atoms with Gasteiger partial charge in [0.1, 0.15) is 0 Å². The Kier molecular flexibility index (Phi) is 5.07. The molecule has 0 bridgehead atoms. The van der Waals surface area contributed by atoms with Gasteiger partial charge < -0.3 is 10.0 Å². The Hall–Kier alpha value is -1.01. The molecule has 0 aromatic carbocycles. The van der Waals surface area contributed by atoms with Gasteiger partial charge in [0.15, 0.2) is 6.35 Å². The van der Waals surface area contributed by atoms with Gasteiger partial charge in [0.25, 0.3) is 0 Å². The molecule has 0 spiro atoms. The zero-order valence-electron chi connectivity index (χ0n) is 10.8. The third-order valence-electron chi connectivity index (χ3n) is 3.29. The molecule has 1 fully saturated rings. The quantitative estimate of drug-likeness (QED) is 0.620. The number of rotatable bonds is 6. The molecule has 5 nitrogen and oxygen atoms in total. The lowest BCUT2D eigenvalue weighted by Gasteiger charge is -2.17. The maximum Gasteiger partial charge on any atom is 0.160 e. The van der Waals surface area contributed by atoms with Crippen molar-refractivity contribution in [2.45, 2.75) is 19.3 Å². The van der Waals surface area contributed by atoms with Crippen molar-refractivity contribution in [3.05, 3.63) is 30.1 Å². The summed E-state index contributed by atoms with van der Waals surface area (Å²) >= 11 is 0. The fraction of sp³-hybridized carbons (Fsp3) is 0.615. The number of nitrogens with one attached hydrogen (secondary N) is 2. The Labute approximate surface area is 108 Å². The molecule has 1 unspecified atom stereocenters. The topological polar surface area (TPSA) is 60.4 Å². The van der Waals surface area contributed by atoms with E-state index in [1.165, 1.54) is 6.42 Å². The first-order valence-corrected chi connectivity index (χ1v) is 6.47. The highest BCUT2D eigenvalue weighted by Crippen LogP contribution is 2.12. The fourth-order valence-electron chi connectivity index (χ4n) is 2.25. The number of aliphatic hydroxyl groups is 1. The molecule has 5 heteroatoms. The zero-order valence-corrected chi connectivity index (χ0v) is 10.8. The molecule has 0 radical (unpaired) electrons. The van der Waals surface area contributed by atoms with Crippen LogP contribution < -0.4 is 10.6 Å². The molecule has 100 valence electrons. The average molecular weight is 250 g/mol. The van der Waals surface area contributed by atoms with Crippen LogP contribution in [0, 0.1) is 5.92 Å². The minimum absolute atomic E-state index is 0.569. The van der Waals surface area contributed by atoms with Crippen LogP contribution in [0.2, 0.25) is 0 Å². The first-order valence-electron chi connectivity index (χ1n) is 6.47. The number of nitrogens with zero attached hydrogens (tertiary/aromatic N) is 2. The predicted molar refractivity (Wildman–Crippen MR) is 70.7 cm³/mol. The molecular formula is C13H22N4O. The molecule has 0 aliphatic carbocycles. The third-order valence-corrected chi connectivity index (χ3v) is 3.29. The molecule has 2 heterocycles. The molecule has 1 aliphatic rings. The second kappa shape index (κ2) is 6.80. The van der Waals surface area contributed by atoms with Crippen LogP contribution in [-0.4, -0.2) is 48.0 Å². The highest BCUT2D eigenvalue weighted by molar-refractivity contribution is 5.02. The fourth-order valence-corrected chi connectivity index (χ4v) is 2.25. The van der Waals surface area contributed by atoms with Gasteiger partial charge in [-0.3, -0.25) is 15.6 Å². The zero-order chi connectivity index (χ0) is 12.8. The molecule has 1 saturated heterocycles. The summed E-state index contributed by atoms with van der Waals surface area (Å²) in [5, 5.41) is 15.9. The van der Waals surface area contributed by atoms with Gasteiger partial charge in [0, 0.05) is 25.8 Å². The van der Waals surface area contributed by atoms with Crippen LogP contribution in [0.1, 0.15) is 12.1 Å². The summed E-state index contributed by atoms with van der Waals surface area (Å²) in [7, 11) is 2.13. The van der Waals surface area contributed by atoms with E-state index in [1.54, 1.807) is 6.20 Å². The van der Waals surface area contributed by atoms with E-state index >= 15 is 0 Å². The molecule has 2 rings (SSSR count). The van der Waals surface area contributed by atoms with Gasteiger partial charge in [-0.15, -0.1) is 0 Å². The molecule has 1 aromatic rings. The van der Waals surface area contributed by atoms with Crippen molar-refractivity contribution in [2.24, 2.45) is 5.92 Å². The molecule has 1 aliphatic heterocycles. The SMILES string of the molecule is CN1CC[C@@H](CNC(O)NCc2ccccn2)C1. The Balaban J connectivity index is 1.62. The molecule has 2 atom stereocenters. The van der Waals surface area contributed by atoms with E-state index in [-0.39, 0.29) is 0 Å². The van der Waals surface area contributed by atoms with E-state index in [2.05, 4.69) is 27.6 Å². The van der Waals surface area contributed by atoms with Crippen molar-refractivity contribution < 1.29 is 5.11 Å². The molecular weight excluding hydrogens is 228 g/mol. The van der Waals surface area contributed by atoms with Crippen LogP contribution in [0.15, 0.2) is 24.4 Å². The van der Waals surface area contributed by atoms with Gasteiger partial charge in [0.2, 0.25) is 0 Å². The van der Waals surface area contributed by atoms with Crippen molar-refractivity contribution in [1.82, 2.24) is 20.5 Å². The van der Waals surface area contributed by atoms with Gasteiger partial charge in [-0.1, -0.05) is 6.07 Å². The van der Waals surface area contributed by atoms with Crippen molar-refractivity contribution in [1.29, 1.82) is 0 Å². The van der Waals surface area contributed by atoms with Gasteiger partial charge in [-0.05, 0) is 38.1 Å². The lowest BCUT2D eigenvalue weighted by molar-refractivity contribution is 0.0946. The molecule has 18 heavy (non-hydrogen) atoms. The summed E-state index contributed by atoms with van der Waals surface area (Å²) in [4.78, 5) is 6.51. The number of hydrogen-bond acceptors (Lipinski definition) is 5. The Morgan fingerprint density at radius 2 is 2.39 bits per heavy atom. The summed E-state index contributed by atoms with van der Waals surface area (Å²) in [6.07, 6.45) is 2.29. The summed E-state index contributed by atoms with van der Waals surface area (Å²) in [6, 6.07) is 5.76. The molecule has 3 N–H and O–H groups in total. The van der Waals surface area contributed by atoms with Gasteiger partial charge in [0.05, 0.1) is 5.69 Å².